The van der Waals surface area contributed by atoms with Crippen LogP contribution in [0.4, 0.5) is 0 Å². The predicted octanol–water partition coefficient (Wildman–Crippen LogP) is 2.75. The van der Waals surface area contributed by atoms with E-state index in [9.17, 15) is 18.0 Å². The molecule has 0 aliphatic carbocycles. The lowest BCUT2D eigenvalue weighted by Gasteiger charge is -2.29. The molecule has 1 saturated heterocycles. The summed E-state index contributed by atoms with van der Waals surface area (Å²) < 4.78 is 41.5. The van der Waals surface area contributed by atoms with Gasteiger partial charge in [-0.05, 0) is 42.0 Å². The number of cyclic esters (lactones) is 2. The van der Waals surface area contributed by atoms with E-state index in [1.54, 1.807) is 18.2 Å². The Labute approximate surface area is 162 Å². The number of carbonyl (C=O) groups excluding carboxylic acids is 2. The Morgan fingerprint density at radius 2 is 1.57 bits per heavy atom. The molecule has 0 spiro atoms. The minimum absolute atomic E-state index is 0.0674. The van der Waals surface area contributed by atoms with Crippen molar-refractivity contribution in [2.24, 2.45) is 0 Å². The average molecular weight is 402 g/mol. The molecule has 8 heteroatoms. The molecule has 0 bridgehead atoms. The first-order chi connectivity index (χ1) is 13.1. The van der Waals surface area contributed by atoms with Crippen LogP contribution < -0.4 is 4.74 Å². The molecule has 0 aromatic heterocycles. The Balaban J connectivity index is 2.16. The van der Waals surface area contributed by atoms with E-state index in [1.165, 1.54) is 51.3 Å². The van der Waals surface area contributed by atoms with Crippen molar-refractivity contribution in [3.63, 3.8) is 0 Å². The van der Waals surface area contributed by atoms with E-state index in [1.807, 2.05) is 0 Å². The van der Waals surface area contributed by atoms with Gasteiger partial charge < -0.3 is 14.2 Å². The number of rotatable bonds is 4. The zero-order chi connectivity index (χ0) is 20.5. The minimum atomic E-state index is -3.94. The lowest BCUT2D eigenvalue weighted by atomic mass is 10.1. The summed E-state index contributed by atoms with van der Waals surface area (Å²) >= 11 is 0. The van der Waals surface area contributed by atoms with E-state index in [-0.39, 0.29) is 15.4 Å². The zero-order valence-electron chi connectivity index (χ0n) is 15.5. The Kier molecular flexibility index (Phi) is 4.99. The second-order valence-electron chi connectivity index (χ2n) is 6.46. The van der Waals surface area contributed by atoms with Gasteiger partial charge in [-0.3, -0.25) is 0 Å². The van der Waals surface area contributed by atoms with Gasteiger partial charge in [-0.25, -0.2) is 18.0 Å². The standard InChI is InChI=1S/C20H18O7S/c1-20(2)26-18(21)16(19(22)27-20)11-13-9-10-14(25-3)12-17(13)28(23,24)15-7-5-4-6-8-15/h4-12H,1-3H3. The van der Waals surface area contributed by atoms with Crippen LogP contribution in [0.3, 0.4) is 0 Å². The van der Waals surface area contributed by atoms with E-state index in [0.29, 0.717) is 5.75 Å². The predicted molar refractivity (Wildman–Crippen MR) is 99.1 cm³/mol. The Hall–Kier alpha value is -3.13. The van der Waals surface area contributed by atoms with Gasteiger partial charge in [0.05, 0.1) is 16.9 Å². The molecule has 1 aliphatic rings. The second kappa shape index (κ2) is 7.12. The highest BCUT2D eigenvalue weighted by Gasteiger charge is 2.39. The van der Waals surface area contributed by atoms with Crippen molar-refractivity contribution in [3.05, 3.63) is 59.7 Å². The number of ether oxygens (including phenoxy) is 3. The van der Waals surface area contributed by atoms with Crippen LogP contribution in [0.25, 0.3) is 6.08 Å². The van der Waals surface area contributed by atoms with Crippen LogP contribution in [0.15, 0.2) is 63.9 Å². The van der Waals surface area contributed by atoms with E-state index < -0.39 is 33.1 Å². The van der Waals surface area contributed by atoms with Crippen molar-refractivity contribution in [2.45, 2.75) is 29.4 Å². The Bertz CT molecular complexity index is 1040. The maximum absolute atomic E-state index is 13.1. The van der Waals surface area contributed by atoms with Crippen molar-refractivity contribution >= 4 is 27.9 Å². The molecule has 1 aliphatic heterocycles. The number of sulfone groups is 1. The highest BCUT2D eigenvalue weighted by molar-refractivity contribution is 7.91. The molecular weight excluding hydrogens is 384 g/mol. The fourth-order valence-electron chi connectivity index (χ4n) is 2.65. The molecule has 1 heterocycles. The summed E-state index contributed by atoms with van der Waals surface area (Å²) in [5, 5.41) is 0. The summed E-state index contributed by atoms with van der Waals surface area (Å²) in [6.45, 7) is 2.86. The molecule has 0 saturated carbocycles. The number of benzene rings is 2. The van der Waals surface area contributed by atoms with Crippen molar-refractivity contribution in [1.82, 2.24) is 0 Å². The first-order valence-corrected chi connectivity index (χ1v) is 9.79. The molecule has 1 fully saturated rings. The van der Waals surface area contributed by atoms with Crippen LogP contribution in [0.5, 0.6) is 5.75 Å². The maximum atomic E-state index is 13.1. The molecule has 2 aromatic carbocycles. The minimum Gasteiger partial charge on any atom is -0.497 e. The van der Waals surface area contributed by atoms with Gasteiger partial charge in [0.15, 0.2) is 0 Å². The summed E-state index contributed by atoms with van der Waals surface area (Å²) in [5.41, 5.74) is -0.262. The first kappa shape index (κ1) is 19.6. The second-order valence-corrected chi connectivity index (χ2v) is 8.38. The van der Waals surface area contributed by atoms with Gasteiger partial charge in [-0.2, -0.15) is 0 Å². The molecule has 146 valence electrons. The molecule has 0 amide bonds. The molecular formula is C20H18O7S. The number of methoxy groups -OCH3 is 1. The smallest absolute Gasteiger partial charge is 0.348 e. The van der Waals surface area contributed by atoms with Gasteiger partial charge in [0.1, 0.15) is 11.3 Å². The van der Waals surface area contributed by atoms with Gasteiger partial charge in [-0.15, -0.1) is 0 Å². The third-order valence-corrected chi connectivity index (χ3v) is 5.81. The molecule has 0 unspecified atom stereocenters. The third kappa shape index (κ3) is 3.77. The summed E-state index contributed by atoms with van der Waals surface area (Å²) in [7, 11) is -2.53. The summed E-state index contributed by atoms with van der Waals surface area (Å²) in [6.07, 6.45) is 1.15. The molecule has 2 aromatic rings. The number of esters is 2. The quantitative estimate of drug-likeness (QED) is 0.441. The summed E-state index contributed by atoms with van der Waals surface area (Å²) in [6, 6.07) is 12.1. The van der Waals surface area contributed by atoms with Gasteiger partial charge >= 0.3 is 11.9 Å². The lowest BCUT2D eigenvalue weighted by molar-refractivity contribution is -0.222. The number of carbonyl (C=O) groups is 2. The normalized spacial score (nSPS) is 16.2. The van der Waals surface area contributed by atoms with Crippen molar-refractivity contribution in [3.8, 4) is 5.75 Å². The molecule has 0 radical (unpaired) electrons. The van der Waals surface area contributed by atoms with Crippen molar-refractivity contribution in [1.29, 1.82) is 0 Å². The molecule has 28 heavy (non-hydrogen) atoms. The SMILES string of the molecule is COc1ccc(C=C2C(=O)OC(C)(C)OC2=O)c(S(=O)(=O)c2ccccc2)c1. The van der Waals surface area contributed by atoms with E-state index >= 15 is 0 Å². The zero-order valence-corrected chi connectivity index (χ0v) is 16.3. The highest BCUT2D eigenvalue weighted by atomic mass is 32.2. The van der Waals surface area contributed by atoms with Crippen LogP contribution in [0, 0.1) is 0 Å². The molecule has 0 N–H and O–H groups in total. The van der Waals surface area contributed by atoms with Crippen molar-refractivity contribution in [2.75, 3.05) is 7.11 Å². The maximum Gasteiger partial charge on any atom is 0.348 e. The van der Waals surface area contributed by atoms with Gasteiger partial charge in [0.2, 0.25) is 9.84 Å². The summed E-state index contributed by atoms with van der Waals surface area (Å²) in [4.78, 5) is 24.4. The Morgan fingerprint density at radius 1 is 0.964 bits per heavy atom. The average Bonchev–Trinajstić information content (AvgIpc) is 2.64. The van der Waals surface area contributed by atoms with Crippen LogP contribution in [0.2, 0.25) is 0 Å². The molecule has 7 nitrogen and oxygen atoms in total. The van der Waals surface area contributed by atoms with E-state index in [0.717, 1.165) is 6.08 Å². The largest absolute Gasteiger partial charge is 0.497 e. The van der Waals surface area contributed by atoms with Gasteiger partial charge in [0.25, 0.3) is 5.79 Å². The molecule has 3 rings (SSSR count). The fourth-order valence-corrected chi connectivity index (χ4v) is 4.13. The lowest BCUT2D eigenvalue weighted by Crippen LogP contribution is -2.41. The van der Waals surface area contributed by atoms with Crippen LogP contribution in [-0.4, -0.2) is 33.3 Å². The van der Waals surface area contributed by atoms with E-state index in [4.69, 9.17) is 14.2 Å². The third-order valence-electron chi connectivity index (χ3n) is 3.98. The van der Waals surface area contributed by atoms with Crippen molar-refractivity contribution < 1.29 is 32.2 Å². The Morgan fingerprint density at radius 3 is 2.14 bits per heavy atom. The van der Waals surface area contributed by atoms with Crippen LogP contribution in [0.1, 0.15) is 19.4 Å². The summed E-state index contributed by atoms with van der Waals surface area (Å²) in [5.74, 6) is -2.85. The highest BCUT2D eigenvalue weighted by Crippen LogP contribution is 2.31. The molecule has 0 atom stereocenters. The topological polar surface area (TPSA) is 96.0 Å². The van der Waals surface area contributed by atoms with Gasteiger partial charge in [0, 0.05) is 13.8 Å². The van der Waals surface area contributed by atoms with Crippen LogP contribution >= 0.6 is 0 Å². The van der Waals surface area contributed by atoms with Crippen LogP contribution in [-0.2, 0) is 28.9 Å². The van der Waals surface area contributed by atoms with E-state index in [2.05, 4.69) is 0 Å². The first-order valence-electron chi connectivity index (χ1n) is 8.30. The van der Waals surface area contributed by atoms with Gasteiger partial charge in [-0.1, -0.05) is 18.2 Å². The number of hydrogen-bond acceptors (Lipinski definition) is 7. The number of hydrogen-bond donors (Lipinski definition) is 0. The fraction of sp³-hybridized carbons (Fsp3) is 0.200. The monoisotopic (exact) mass is 402 g/mol.